The summed E-state index contributed by atoms with van der Waals surface area (Å²) >= 11 is 2.85. The molecule has 0 amide bonds. The number of esters is 2. The standard InChI is InChI=1S/C12H12O4S2/c1-6(2)16-11(14)8-5-18-12-9(8)7(4-17-12)10(13)15-3/h4-6H,1-3H3. The maximum atomic E-state index is 11.9. The summed E-state index contributed by atoms with van der Waals surface area (Å²) in [6, 6.07) is 0. The Hall–Kier alpha value is -1.40. The predicted molar refractivity (Wildman–Crippen MR) is 71.6 cm³/mol. The fourth-order valence-electron chi connectivity index (χ4n) is 1.54. The van der Waals surface area contributed by atoms with Crippen molar-refractivity contribution in [1.29, 1.82) is 0 Å². The molecule has 2 aromatic rings. The van der Waals surface area contributed by atoms with Gasteiger partial charge >= 0.3 is 11.9 Å². The summed E-state index contributed by atoms with van der Waals surface area (Å²) in [5.74, 6) is -0.835. The number of rotatable bonds is 3. The summed E-state index contributed by atoms with van der Waals surface area (Å²) in [6.07, 6.45) is -0.187. The largest absolute Gasteiger partial charge is 0.465 e. The van der Waals surface area contributed by atoms with Crippen LogP contribution < -0.4 is 0 Å². The van der Waals surface area contributed by atoms with E-state index in [1.807, 2.05) is 0 Å². The van der Waals surface area contributed by atoms with Gasteiger partial charge in [0.2, 0.25) is 0 Å². The van der Waals surface area contributed by atoms with Gasteiger partial charge in [0.05, 0.1) is 28.4 Å². The molecule has 2 aromatic heterocycles. The number of methoxy groups -OCH3 is 1. The molecule has 0 aliphatic carbocycles. The van der Waals surface area contributed by atoms with Gasteiger partial charge < -0.3 is 9.47 Å². The summed E-state index contributed by atoms with van der Waals surface area (Å²) < 4.78 is 10.8. The normalized spacial score (nSPS) is 10.9. The Balaban J connectivity index is 2.48. The molecule has 2 rings (SSSR count). The molecule has 0 aliphatic rings. The highest BCUT2D eigenvalue weighted by molar-refractivity contribution is 7.37. The van der Waals surface area contributed by atoms with E-state index in [2.05, 4.69) is 0 Å². The predicted octanol–water partition coefficient (Wildman–Crippen LogP) is 3.31. The van der Waals surface area contributed by atoms with Gasteiger partial charge in [-0.15, -0.1) is 22.7 Å². The Morgan fingerprint density at radius 1 is 1.11 bits per heavy atom. The van der Waals surface area contributed by atoms with E-state index in [-0.39, 0.29) is 6.10 Å². The lowest BCUT2D eigenvalue weighted by atomic mass is 10.1. The average molecular weight is 284 g/mol. The Kier molecular flexibility index (Phi) is 3.68. The third-order valence-corrected chi connectivity index (χ3v) is 4.40. The number of hydrogen-bond acceptors (Lipinski definition) is 6. The Labute approximate surface area is 112 Å². The number of carbonyl (C=O) groups excluding carboxylic acids is 2. The molecule has 0 fully saturated rings. The lowest BCUT2D eigenvalue weighted by Crippen LogP contribution is -2.11. The molecule has 0 spiro atoms. The molecular weight excluding hydrogens is 272 g/mol. The number of thiophene rings is 2. The summed E-state index contributed by atoms with van der Waals surface area (Å²) in [6.45, 7) is 3.58. The first-order valence-corrected chi connectivity index (χ1v) is 7.08. The van der Waals surface area contributed by atoms with Crippen molar-refractivity contribution in [3.8, 4) is 0 Å². The van der Waals surface area contributed by atoms with Crippen LogP contribution in [0.4, 0.5) is 0 Å². The quantitative estimate of drug-likeness (QED) is 0.811. The summed E-state index contributed by atoms with van der Waals surface area (Å²) in [5.41, 5.74) is 0.861. The molecule has 18 heavy (non-hydrogen) atoms. The first-order chi connectivity index (χ1) is 8.54. The maximum absolute atomic E-state index is 11.9. The molecule has 0 unspecified atom stereocenters. The zero-order valence-electron chi connectivity index (χ0n) is 10.2. The molecule has 4 nitrogen and oxygen atoms in total. The van der Waals surface area contributed by atoms with Gasteiger partial charge in [0.1, 0.15) is 0 Å². The van der Waals surface area contributed by atoms with Crippen LogP contribution in [-0.2, 0) is 9.47 Å². The number of ether oxygens (including phenoxy) is 2. The molecule has 2 heterocycles. The van der Waals surface area contributed by atoms with Crippen molar-refractivity contribution in [3.63, 3.8) is 0 Å². The van der Waals surface area contributed by atoms with Gasteiger partial charge in [0.25, 0.3) is 0 Å². The van der Waals surface area contributed by atoms with E-state index in [4.69, 9.17) is 9.47 Å². The summed E-state index contributed by atoms with van der Waals surface area (Å²) in [4.78, 5) is 23.5. The molecule has 96 valence electrons. The van der Waals surface area contributed by atoms with Crippen LogP contribution in [0.1, 0.15) is 34.6 Å². The van der Waals surface area contributed by atoms with E-state index in [1.165, 1.54) is 29.8 Å². The van der Waals surface area contributed by atoms with Gasteiger partial charge in [-0.05, 0) is 13.8 Å². The maximum Gasteiger partial charge on any atom is 0.339 e. The number of carbonyl (C=O) groups is 2. The highest BCUT2D eigenvalue weighted by Gasteiger charge is 2.22. The summed E-state index contributed by atoms with van der Waals surface area (Å²) in [5, 5.41) is 4.07. The van der Waals surface area contributed by atoms with Crippen LogP contribution in [0.2, 0.25) is 0 Å². The lowest BCUT2D eigenvalue weighted by Gasteiger charge is -2.06. The molecule has 6 heteroatoms. The first-order valence-electron chi connectivity index (χ1n) is 5.32. The van der Waals surface area contributed by atoms with E-state index >= 15 is 0 Å². The Morgan fingerprint density at radius 3 is 2.17 bits per heavy atom. The van der Waals surface area contributed by atoms with Gasteiger partial charge in [-0.1, -0.05) is 0 Å². The third-order valence-electron chi connectivity index (χ3n) is 2.28. The van der Waals surface area contributed by atoms with Crippen LogP contribution in [0.5, 0.6) is 0 Å². The van der Waals surface area contributed by atoms with Gasteiger partial charge in [0.15, 0.2) is 0 Å². The van der Waals surface area contributed by atoms with Crippen LogP contribution in [0.15, 0.2) is 10.8 Å². The minimum absolute atomic E-state index is 0.187. The van der Waals surface area contributed by atoms with Crippen LogP contribution >= 0.6 is 22.7 Å². The van der Waals surface area contributed by atoms with Crippen LogP contribution in [0.25, 0.3) is 9.40 Å². The van der Waals surface area contributed by atoms with E-state index in [1.54, 1.807) is 24.6 Å². The van der Waals surface area contributed by atoms with Gasteiger partial charge in [-0.3, -0.25) is 0 Å². The molecular formula is C12H12O4S2. The molecule has 0 N–H and O–H groups in total. The van der Waals surface area contributed by atoms with Crippen molar-refractivity contribution in [1.82, 2.24) is 0 Å². The third kappa shape index (κ3) is 2.26. The molecule has 0 aromatic carbocycles. The fraction of sp³-hybridized carbons (Fsp3) is 0.333. The minimum atomic E-state index is -0.432. The van der Waals surface area contributed by atoms with Crippen LogP contribution in [0, 0.1) is 0 Å². The van der Waals surface area contributed by atoms with Gasteiger partial charge in [-0.2, -0.15) is 0 Å². The lowest BCUT2D eigenvalue weighted by molar-refractivity contribution is 0.0381. The van der Waals surface area contributed by atoms with Crippen LogP contribution in [0.3, 0.4) is 0 Å². The molecule has 0 aliphatic heterocycles. The van der Waals surface area contributed by atoms with Gasteiger partial charge in [-0.25, -0.2) is 9.59 Å². The Morgan fingerprint density at radius 2 is 1.67 bits per heavy atom. The highest BCUT2D eigenvalue weighted by Crippen LogP contribution is 2.35. The second-order valence-electron chi connectivity index (χ2n) is 3.91. The zero-order chi connectivity index (χ0) is 13.3. The molecule has 0 saturated carbocycles. The smallest absolute Gasteiger partial charge is 0.339 e. The molecule has 0 radical (unpaired) electrons. The monoisotopic (exact) mass is 284 g/mol. The van der Waals surface area contributed by atoms with Crippen LogP contribution in [-0.4, -0.2) is 25.2 Å². The van der Waals surface area contributed by atoms with E-state index < -0.39 is 11.9 Å². The SMILES string of the molecule is COC(=O)c1csc2scc(C(=O)OC(C)C)c12. The Bertz CT molecular complexity index is 594. The van der Waals surface area contributed by atoms with E-state index in [0.717, 1.165) is 4.01 Å². The number of hydrogen-bond donors (Lipinski definition) is 0. The van der Waals surface area contributed by atoms with E-state index in [0.29, 0.717) is 16.5 Å². The van der Waals surface area contributed by atoms with Crippen molar-refractivity contribution in [2.45, 2.75) is 20.0 Å². The van der Waals surface area contributed by atoms with Crippen molar-refractivity contribution in [2.75, 3.05) is 7.11 Å². The van der Waals surface area contributed by atoms with E-state index in [9.17, 15) is 9.59 Å². The van der Waals surface area contributed by atoms with Crippen molar-refractivity contribution >= 4 is 44.0 Å². The van der Waals surface area contributed by atoms with Gasteiger partial charge in [0, 0.05) is 16.1 Å². The molecule has 0 bridgehead atoms. The zero-order valence-corrected chi connectivity index (χ0v) is 11.8. The fourth-order valence-corrected chi connectivity index (χ4v) is 3.61. The number of fused-ring (bicyclic) bond motifs is 1. The first kappa shape index (κ1) is 13.0. The second-order valence-corrected chi connectivity index (χ2v) is 5.92. The molecule has 0 atom stereocenters. The topological polar surface area (TPSA) is 52.6 Å². The highest BCUT2D eigenvalue weighted by atomic mass is 32.2. The van der Waals surface area contributed by atoms with Crippen molar-refractivity contribution in [3.05, 3.63) is 21.9 Å². The minimum Gasteiger partial charge on any atom is -0.465 e. The molecule has 0 saturated heterocycles. The second kappa shape index (κ2) is 5.07. The van der Waals surface area contributed by atoms with Crippen molar-refractivity contribution in [2.24, 2.45) is 0 Å². The van der Waals surface area contributed by atoms with Crippen molar-refractivity contribution < 1.29 is 19.1 Å². The summed E-state index contributed by atoms with van der Waals surface area (Å²) in [7, 11) is 1.32. The average Bonchev–Trinajstić information content (AvgIpc) is 2.87.